The molecule has 0 aliphatic heterocycles. The van der Waals surface area contributed by atoms with Crippen LogP contribution in [-0.4, -0.2) is 15.9 Å². The van der Waals surface area contributed by atoms with E-state index in [-0.39, 0.29) is 5.91 Å². The normalized spacial score (nSPS) is 11.2. The Kier molecular flexibility index (Phi) is 5.60. The summed E-state index contributed by atoms with van der Waals surface area (Å²) in [5, 5.41) is 0.654. The zero-order valence-electron chi connectivity index (χ0n) is 14.8. The first-order chi connectivity index (χ1) is 13.7. The second kappa shape index (κ2) is 8.46. The van der Waals surface area contributed by atoms with Crippen LogP contribution in [0, 0.1) is 0 Å². The molecule has 0 saturated carbocycles. The van der Waals surface area contributed by atoms with Gasteiger partial charge in [-0.15, -0.1) is 0 Å². The van der Waals surface area contributed by atoms with Crippen LogP contribution in [0.15, 0.2) is 83.5 Å². The van der Waals surface area contributed by atoms with Gasteiger partial charge in [0.1, 0.15) is 0 Å². The van der Waals surface area contributed by atoms with Crippen LogP contribution in [0.1, 0.15) is 11.3 Å². The van der Waals surface area contributed by atoms with Gasteiger partial charge in [-0.05, 0) is 42.0 Å². The summed E-state index contributed by atoms with van der Waals surface area (Å²) in [6.45, 7) is 0.361. The minimum absolute atomic E-state index is 0.132. The predicted molar refractivity (Wildman–Crippen MR) is 118 cm³/mol. The summed E-state index contributed by atoms with van der Waals surface area (Å²) in [5.74, 6) is -0.132. The van der Waals surface area contributed by atoms with Crippen molar-refractivity contribution in [3.05, 3.63) is 94.7 Å². The third-order valence-electron chi connectivity index (χ3n) is 4.10. The Morgan fingerprint density at radius 1 is 1.07 bits per heavy atom. The van der Waals surface area contributed by atoms with Gasteiger partial charge >= 0.3 is 0 Å². The highest BCUT2D eigenvalue weighted by Gasteiger charge is 2.19. The molecular weight excluding hydrogens is 434 g/mol. The largest absolute Gasteiger partial charge is 0.278 e. The first-order valence-electron chi connectivity index (χ1n) is 8.70. The molecule has 2 aromatic carbocycles. The van der Waals surface area contributed by atoms with E-state index in [1.807, 2.05) is 72.8 Å². The van der Waals surface area contributed by atoms with E-state index in [1.54, 1.807) is 17.2 Å². The van der Waals surface area contributed by atoms with Crippen LogP contribution in [0.25, 0.3) is 16.3 Å². The molecule has 2 aromatic heterocycles. The van der Waals surface area contributed by atoms with E-state index in [9.17, 15) is 4.79 Å². The Balaban J connectivity index is 1.68. The van der Waals surface area contributed by atoms with E-state index in [0.717, 1.165) is 25.9 Å². The zero-order valence-corrected chi connectivity index (χ0v) is 17.2. The molecule has 0 radical (unpaired) electrons. The van der Waals surface area contributed by atoms with Gasteiger partial charge in [-0.2, -0.15) is 0 Å². The van der Waals surface area contributed by atoms with Gasteiger partial charge in [-0.25, -0.2) is 4.98 Å². The van der Waals surface area contributed by atoms with Crippen molar-refractivity contribution in [2.45, 2.75) is 6.54 Å². The molecule has 4 nitrogen and oxygen atoms in total. The molecule has 0 atom stereocenters. The number of hydrogen-bond donors (Lipinski definition) is 0. The van der Waals surface area contributed by atoms with Crippen LogP contribution in [0.3, 0.4) is 0 Å². The van der Waals surface area contributed by atoms with Crippen LogP contribution in [0.5, 0.6) is 0 Å². The number of thiazole rings is 1. The topological polar surface area (TPSA) is 46.1 Å². The number of pyridine rings is 1. The van der Waals surface area contributed by atoms with Crippen LogP contribution in [0.4, 0.5) is 5.13 Å². The van der Waals surface area contributed by atoms with Crippen molar-refractivity contribution in [3.8, 4) is 0 Å². The fourth-order valence-electron chi connectivity index (χ4n) is 2.72. The number of anilines is 1. The first kappa shape index (κ1) is 18.5. The van der Waals surface area contributed by atoms with Gasteiger partial charge in [-0.3, -0.25) is 14.7 Å². The molecule has 0 fully saturated rings. The van der Waals surface area contributed by atoms with Crippen molar-refractivity contribution in [1.82, 2.24) is 9.97 Å². The molecule has 2 heterocycles. The highest BCUT2D eigenvalue weighted by molar-refractivity contribution is 9.10. The van der Waals surface area contributed by atoms with Crippen molar-refractivity contribution in [2.24, 2.45) is 0 Å². The summed E-state index contributed by atoms with van der Waals surface area (Å²) in [6.07, 6.45) is 5.13. The highest BCUT2D eigenvalue weighted by atomic mass is 79.9. The third kappa shape index (κ3) is 4.35. The van der Waals surface area contributed by atoms with E-state index in [0.29, 0.717) is 11.7 Å². The molecule has 1 amide bonds. The van der Waals surface area contributed by atoms with Crippen molar-refractivity contribution in [2.75, 3.05) is 4.90 Å². The second-order valence-corrected chi connectivity index (χ2v) is 8.02. The van der Waals surface area contributed by atoms with Gasteiger partial charge in [0.15, 0.2) is 5.13 Å². The Morgan fingerprint density at radius 3 is 2.68 bits per heavy atom. The quantitative estimate of drug-likeness (QED) is 0.367. The fourth-order valence-corrected chi connectivity index (χ4v) is 4.24. The van der Waals surface area contributed by atoms with E-state index in [4.69, 9.17) is 0 Å². The van der Waals surface area contributed by atoms with E-state index >= 15 is 0 Å². The predicted octanol–water partition coefficient (Wildman–Crippen LogP) is 5.70. The maximum Gasteiger partial charge on any atom is 0.253 e. The molecule has 6 heteroatoms. The van der Waals surface area contributed by atoms with Crippen LogP contribution in [0.2, 0.25) is 0 Å². The summed E-state index contributed by atoms with van der Waals surface area (Å²) < 4.78 is 2.01. The number of benzene rings is 2. The maximum absolute atomic E-state index is 13.0. The lowest BCUT2D eigenvalue weighted by molar-refractivity contribution is -0.114. The molecule has 4 aromatic rings. The van der Waals surface area contributed by atoms with Gasteiger partial charge in [0.05, 0.1) is 22.5 Å². The van der Waals surface area contributed by atoms with Crippen LogP contribution in [-0.2, 0) is 11.3 Å². The molecule has 138 valence electrons. The molecule has 28 heavy (non-hydrogen) atoms. The van der Waals surface area contributed by atoms with Crippen molar-refractivity contribution >= 4 is 54.6 Å². The number of nitrogens with zero attached hydrogens (tertiary/aromatic N) is 3. The summed E-state index contributed by atoms with van der Waals surface area (Å²) >= 11 is 4.98. The zero-order chi connectivity index (χ0) is 19.3. The van der Waals surface area contributed by atoms with Crippen molar-refractivity contribution < 1.29 is 4.79 Å². The van der Waals surface area contributed by atoms with Gasteiger partial charge in [-0.1, -0.05) is 63.7 Å². The highest BCUT2D eigenvalue weighted by Crippen LogP contribution is 2.31. The number of halogens is 1. The van der Waals surface area contributed by atoms with Gasteiger partial charge in [0, 0.05) is 16.7 Å². The van der Waals surface area contributed by atoms with Crippen LogP contribution < -0.4 is 4.90 Å². The molecule has 0 saturated heterocycles. The molecular formula is C22H16BrN3OS. The number of aromatic nitrogens is 2. The molecule has 4 rings (SSSR count). The smallest absolute Gasteiger partial charge is 0.253 e. The minimum atomic E-state index is -0.132. The van der Waals surface area contributed by atoms with E-state index in [2.05, 4.69) is 25.9 Å². The number of fused-ring (bicyclic) bond motifs is 1. The Morgan fingerprint density at radius 2 is 1.89 bits per heavy atom. The minimum Gasteiger partial charge on any atom is -0.278 e. The maximum atomic E-state index is 13.0. The Bertz CT molecular complexity index is 1130. The number of amides is 1. The average molecular weight is 450 g/mol. The lowest BCUT2D eigenvalue weighted by atomic mass is 10.2. The van der Waals surface area contributed by atoms with Crippen LogP contribution >= 0.6 is 27.3 Å². The summed E-state index contributed by atoms with van der Waals surface area (Å²) in [6, 6.07) is 21.4. The number of rotatable bonds is 5. The van der Waals surface area contributed by atoms with Gasteiger partial charge in [0.25, 0.3) is 5.91 Å². The standard InChI is InChI=1S/C22H16BrN3OS/c23-17-10-11-19-20(14-17)28-22(25-19)26(15-18-8-4-5-13-24-18)21(27)12-9-16-6-2-1-3-7-16/h1-14H,15H2/b12-9+. The summed E-state index contributed by atoms with van der Waals surface area (Å²) in [4.78, 5) is 23.7. The molecule has 0 N–H and O–H groups in total. The number of carbonyl (C=O) groups excluding carboxylic acids is 1. The number of hydrogen-bond acceptors (Lipinski definition) is 4. The molecule has 0 aliphatic rings. The van der Waals surface area contributed by atoms with Gasteiger partial charge < -0.3 is 0 Å². The lowest BCUT2D eigenvalue weighted by Gasteiger charge is -2.17. The molecule has 0 spiro atoms. The fraction of sp³-hybridized carbons (Fsp3) is 0.0455. The Hall–Kier alpha value is -2.83. The lowest BCUT2D eigenvalue weighted by Crippen LogP contribution is -2.29. The average Bonchev–Trinajstić information content (AvgIpc) is 3.14. The monoisotopic (exact) mass is 449 g/mol. The van der Waals surface area contributed by atoms with Crippen molar-refractivity contribution in [3.63, 3.8) is 0 Å². The van der Waals surface area contributed by atoms with E-state index < -0.39 is 0 Å². The van der Waals surface area contributed by atoms with Crippen molar-refractivity contribution in [1.29, 1.82) is 0 Å². The molecule has 0 unspecified atom stereocenters. The first-order valence-corrected chi connectivity index (χ1v) is 10.3. The Labute approximate surface area is 175 Å². The summed E-state index contributed by atoms with van der Waals surface area (Å²) in [5.41, 5.74) is 2.65. The molecule has 0 aliphatic carbocycles. The summed E-state index contributed by atoms with van der Waals surface area (Å²) in [7, 11) is 0. The molecule has 0 bridgehead atoms. The second-order valence-electron chi connectivity index (χ2n) is 6.10. The SMILES string of the molecule is O=C(/C=C/c1ccccc1)N(Cc1ccccn1)c1nc2ccc(Br)cc2s1. The third-order valence-corrected chi connectivity index (χ3v) is 5.63. The van der Waals surface area contributed by atoms with E-state index in [1.165, 1.54) is 11.3 Å². The number of carbonyl (C=O) groups is 1. The van der Waals surface area contributed by atoms with Gasteiger partial charge in [0.2, 0.25) is 0 Å².